The fourth-order valence-corrected chi connectivity index (χ4v) is 14.3. The van der Waals surface area contributed by atoms with Crippen molar-refractivity contribution in [3.63, 3.8) is 0 Å². The summed E-state index contributed by atoms with van der Waals surface area (Å²) in [7, 11) is 0. The molecular weight excluding hydrogens is 1060 g/mol. The first-order chi connectivity index (χ1) is 39.7. The van der Waals surface area contributed by atoms with Crippen LogP contribution in [0.5, 0.6) is 17.2 Å². The summed E-state index contributed by atoms with van der Waals surface area (Å²) in [5.74, 6) is -0.814. The van der Waals surface area contributed by atoms with E-state index in [4.69, 9.17) is 30.4 Å². The summed E-state index contributed by atoms with van der Waals surface area (Å²) in [6.45, 7) is 1.45. The van der Waals surface area contributed by atoms with Gasteiger partial charge in [-0.1, -0.05) is 73.6 Å². The molecule has 0 amide bonds. The topological polar surface area (TPSA) is 323 Å². The van der Waals surface area contributed by atoms with Crippen LogP contribution in [0.2, 0.25) is 0 Å². The third-order valence-electron chi connectivity index (χ3n) is 18.2. The summed E-state index contributed by atoms with van der Waals surface area (Å²) in [6, 6.07) is 10.6. The molecule has 4 bridgehead atoms. The van der Waals surface area contributed by atoms with Gasteiger partial charge < -0.3 is 71.5 Å². The largest absolute Gasteiger partial charge is 0.507 e. The number of ketones is 2. The molecule has 0 unspecified atom stereocenters. The summed E-state index contributed by atoms with van der Waals surface area (Å²) in [5.41, 5.74) is 12.4. The Morgan fingerprint density at radius 2 is 1.72 bits per heavy atom. The number of nitrogens with zero attached hydrogens (tertiary/aromatic N) is 1. The molecular formula is C64H72N4O15. The Hall–Kier alpha value is -6.83. The molecule has 5 aliphatic carbocycles. The molecule has 19 nitrogen and oxygen atoms in total. The highest BCUT2D eigenvalue weighted by Gasteiger charge is 2.57. The zero-order chi connectivity index (χ0) is 58.7. The van der Waals surface area contributed by atoms with Gasteiger partial charge in [-0.2, -0.15) is 0 Å². The molecule has 0 aromatic heterocycles. The molecule has 1 spiro atoms. The molecule has 12 N–H and O–H groups in total. The number of ether oxygens (including phenoxy) is 4. The minimum Gasteiger partial charge on any atom is -0.507 e. The minimum atomic E-state index is -3.10. The number of rotatable bonds is 10. The summed E-state index contributed by atoms with van der Waals surface area (Å²) >= 11 is 0. The van der Waals surface area contributed by atoms with Crippen LogP contribution in [0.25, 0.3) is 12.2 Å². The number of aliphatic imine (C=N–C) groups is 1. The normalized spacial score (nSPS) is 28.2. The predicted octanol–water partition coefficient (Wildman–Crippen LogP) is 4.59. The van der Waals surface area contributed by atoms with Gasteiger partial charge in [0.15, 0.2) is 29.9 Å². The van der Waals surface area contributed by atoms with E-state index in [-0.39, 0.29) is 93.7 Å². The van der Waals surface area contributed by atoms with E-state index >= 15 is 9.59 Å². The number of phenolic OH excluding ortho intramolecular Hbond substituents is 1. The molecule has 3 fully saturated rings. The number of carbonyl (C=O) groups is 4. The van der Waals surface area contributed by atoms with Crippen LogP contribution in [0.3, 0.4) is 0 Å². The number of esters is 1. The van der Waals surface area contributed by atoms with Gasteiger partial charge in [0, 0.05) is 64.2 Å². The lowest BCUT2D eigenvalue weighted by molar-refractivity contribution is -0.379. The number of nitrogens with two attached hydrogens (primary N) is 2. The Balaban J connectivity index is 1.14. The highest BCUT2D eigenvalue weighted by Crippen LogP contribution is 2.53. The number of aldehydes is 1. The summed E-state index contributed by atoms with van der Waals surface area (Å²) in [4.78, 5) is 63.0. The molecule has 7 aliphatic rings. The van der Waals surface area contributed by atoms with Crippen molar-refractivity contribution in [3.05, 3.63) is 120 Å². The second kappa shape index (κ2) is 23.0. The number of benzene rings is 4. The molecule has 83 heavy (non-hydrogen) atoms. The highest BCUT2D eigenvalue weighted by molar-refractivity contribution is 6.32. The van der Waals surface area contributed by atoms with Crippen molar-refractivity contribution in [2.24, 2.45) is 22.4 Å². The number of hydrogen-bond donors (Lipinski definition) is 10. The van der Waals surface area contributed by atoms with Crippen LogP contribution in [-0.4, -0.2) is 126 Å². The van der Waals surface area contributed by atoms with E-state index in [0.29, 0.717) is 48.7 Å². The molecule has 4 aromatic rings. The average molecular weight is 1140 g/mol. The second-order valence-corrected chi connectivity index (χ2v) is 23.8. The quantitative estimate of drug-likeness (QED) is 0.0300. The van der Waals surface area contributed by atoms with E-state index in [2.05, 4.69) is 22.2 Å². The van der Waals surface area contributed by atoms with E-state index in [0.717, 1.165) is 63.0 Å². The molecule has 0 radical (unpaired) electrons. The number of guanidine groups is 1. The van der Waals surface area contributed by atoms with E-state index in [9.17, 15) is 45.3 Å². The zero-order valence-electron chi connectivity index (χ0n) is 46.6. The third kappa shape index (κ3) is 10.8. The molecule has 1 saturated heterocycles. The van der Waals surface area contributed by atoms with Crippen LogP contribution in [0.4, 0.5) is 0 Å². The monoisotopic (exact) mass is 1140 g/mol. The number of carbonyl (C=O) groups excluding carboxylic acids is 4. The van der Waals surface area contributed by atoms with Gasteiger partial charge in [-0.05, 0) is 129 Å². The van der Waals surface area contributed by atoms with Crippen LogP contribution in [-0.2, 0) is 52.2 Å². The van der Waals surface area contributed by atoms with Gasteiger partial charge in [-0.15, -0.1) is 0 Å². The number of fused-ring (bicyclic) bond motifs is 5. The SMILES string of the molecule is CC(=O)Oc1cc(CO)c2c3c1/C=C/c1cccc(c1)C[C@@H](O)CC[C@@H](N)C#CCc1c(O[C@H]4O[C@@H](C)[C@@H](O)C(O)(O)[C@H]4OC[C@H]4CC5(CCCCC5)NC(N)=N4)c(Cc4ccc5c(c4C=O)[C@@]4(O)CCC[C@H]4CC5)c(O)c(c1C3=O)C2=O. The molecule has 9 atom stereocenters. The fraction of sp³-hybridized carbons (Fsp3) is 0.484. The smallest absolute Gasteiger partial charge is 0.308 e. The van der Waals surface area contributed by atoms with Crippen molar-refractivity contribution in [1.82, 2.24) is 5.32 Å². The lowest BCUT2D eigenvalue weighted by atomic mass is 9.70. The number of aliphatic hydroxyl groups excluding tert-OH is 3. The van der Waals surface area contributed by atoms with Gasteiger partial charge in [0.1, 0.15) is 23.4 Å². The maximum absolute atomic E-state index is 16.1. The van der Waals surface area contributed by atoms with Gasteiger partial charge >= 0.3 is 5.97 Å². The Bertz CT molecular complexity index is 3410. The molecule has 19 heteroatoms. The summed E-state index contributed by atoms with van der Waals surface area (Å²) < 4.78 is 25.5. The van der Waals surface area contributed by atoms with Gasteiger partial charge in [-0.3, -0.25) is 19.2 Å². The zero-order valence-corrected chi connectivity index (χ0v) is 46.6. The van der Waals surface area contributed by atoms with Crippen molar-refractivity contribution in [1.29, 1.82) is 0 Å². The van der Waals surface area contributed by atoms with E-state index < -0.39 is 108 Å². The predicted molar refractivity (Wildman–Crippen MR) is 303 cm³/mol. The van der Waals surface area contributed by atoms with E-state index in [1.54, 1.807) is 24.3 Å². The first-order valence-corrected chi connectivity index (χ1v) is 28.9. The van der Waals surface area contributed by atoms with Crippen LogP contribution in [0, 0.1) is 17.8 Å². The number of nitrogens with one attached hydrogen (secondary N) is 1. The van der Waals surface area contributed by atoms with Gasteiger partial charge in [0.2, 0.25) is 12.1 Å². The Morgan fingerprint density at radius 3 is 2.48 bits per heavy atom. The van der Waals surface area contributed by atoms with E-state index in [1.807, 2.05) is 18.2 Å². The number of hydrogen-bond acceptors (Lipinski definition) is 19. The first-order valence-electron chi connectivity index (χ1n) is 28.9. The lowest BCUT2D eigenvalue weighted by Crippen LogP contribution is -2.68. The number of phenols is 1. The summed E-state index contributed by atoms with van der Waals surface area (Å²) in [6.07, 6.45) is 4.01. The first kappa shape index (κ1) is 58.0. The molecule has 2 heterocycles. The Kier molecular flexibility index (Phi) is 16.0. The number of aliphatic hydroxyl groups is 6. The maximum atomic E-state index is 16.1. The third-order valence-corrected chi connectivity index (χ3v) is 18.2. The molecule has 11 rings (SSSR count). The van der Waals surface area contributed by atoms with Gasteiger partial charge in [-0.25, -0.2) is 4.99 Å². The van der Waals surface area contributed by atoms with Crippen molar-refractivity contribution >= 4 is 41.9 Å². The van der Waals surface area contributed by atoms with Crippen LogP contribution < -0.4 is 26.3 Å². The number of aromatic hydroxyl groups is 1. The van der Waals surface area contributed by atoms with Crippen LogP contribution >= 0.6 is 0 Å². The van der Waals surface area contributed by atoms with Crippen molar-refractivity contribution < 1.29 is 73.9 Å². The lowest BCUT2D eigenvalue weighted by Gasteiger charge is -2.47. The fourth-order valence-electron chi connectivity index (χ4n) is 14.3. The van der Waals surface area contributed by atoms with Gasteiger partial charge in [0.25, 0.3) is 0 Å². The van der Waals surface area contributed by atoms with Crippen molar-refractivity contribution in [2.75, 3.05) is 6.61 Å². The average Bonchev–Trinajstić information content (AvgIpc) is 1.74. The molecule has 438 valence electrons. The Morgan fingerprint density at radius 1 is 0.940 bits per heavy atom. The van der Waals surface area contributed by atoms with Crippen LogP contribution in [0.1, 0.15) is 183 Å². The number of aryl methyl sites for hydroxylation is 1. The van der Waals surface area contributed by atoms with Crippen molar-refractivity contribution in [2.45, 2.75) is 183 Å². The van der Waals surface area contributed by atoms with Gasteiger partial charge in [0.05, 0.1) is 48.7 Å². The summed E-state index contributed by atoms with van der Waals surface area (Å²) in [5, 5.41) is 86.8. The standard InChI is InChI=1S/C64H72N4O15/c1-33-58(76)64(78,79)59(80-32-42-29-62(68-61(66)67-42)22-4-3-5-23-62)60(81-33)83-57-45-13-7-12-41(65)19-20-43(72)26-36-10-6-9-35(25-36)14-21-44-48(82-34(2)71)28-39(30-69)49-50(44)56(75)51(45)52(55(49)74)54(73)46(57)27-38-16-15-37-17-18-40-11-8-24-63(40,77)53(37)47(38)31-70/h6,9-10,14-16,21,25,28,31,33,40-43,58-60,69,72-73,76-79H,3-5,8,11,13,17-20,22-24,26-27,29-30,32,65H2,1-2H3,(H3,66,67,68)/b21-14+/t33-,40-,41-,42+,43-,58+,59-,60+,63+/m0/s1. The van der Waals surface area contributed by atoms with E-state index in [1.165, 1.54) is 19.1 Å². The molecule has 2 aliphatic heterocycles. The minimum absolute atomic E-state index is 0.0330. The Labute approximate surface area is 480 Å². The molecule has 2 saturated carbocycles. The molecule has 4 aromatic carbocycles. The highest BCUT2D eigenvalue weighted by atomic mass is 16.7. The van der Waals surface area contributed by atoms with Crippen molar-refractivity contribution in [3.8, 4) is 29.1 Å². The van der Waals surface area contributed by atoms with Crippen LogP contribution in [0.15, 0.2) is 47.5 Å². The maximum Gasteiger partial charge on any atom is 0.308 e. The second-order valence-electron chi connectivity index (χ2n) is 23.8.